The second kappa shape index (κ2) is 9.32. The molecule has 0 saturated carbocycles. The number of alkyl halides is 1. The van der Waals surface area contributed by atoms with E-state index in [2.05, 4.69) is 15.6 Å². The molecule has 0 saturated heterocycles. The number of nitrogens with one attached hydrogen (secondary N) is 2. The van der Waals surface area contributed by atoms with Gasteiger partial charge in [-0.2, -0.15) is 0 Å². The lowest BCUT2D eigenvalue weighted by molar-refractivity contribution is -0.114. The molecule has 0 aliphatic rings. The highest BCUT2D eigenvalue weighted by Gasteiger charge is 2.15. The second-order valence-corrected chi connectivity index (χ2v) is 6.49. The van der Waals surface area contributed by atoms with Gasteiger partial charge in [-0.25, -0.2) is 9.37 Å². The maximum Gasteiger partial charge on any atom is 0.251 e. The van der Waals surface area contributed by atoms with Crippen LogP contribution in [0.2, 0.25) is 5.02 Å². The minimum Gasteiger partial charge on any atom is -0.491 e. The molecule has 1 aromatic heterocycles. The van der Waals surface area contributed by atoms with Crippen molar-refractivity contribution in [2.24, 2.45) is 0 Å². The van der Waals surface area contributed by atoms with Crippen molar-refractivity contribution in [3.05, 3.63) is 52.7 Å². The quantitative estimate of drug-likeness (QED) is 0.747. The maximum absolute atomic E-state index is 12.9. The fourth-order valence-corrected chi connectivity index (χ4v) is 2.67. The zero-order valence-electron chi connectivity index (χ0n) is 15.3. The fraction of sp³-hybridized carbons (Fsp3) is 0.316. The number of pyridine rings is 1. The van der Waals surface area contributed by atoms with Gasteiger partial charge in [-0.05, 0) is 43.7 Å². The highest BCUT2D eigenvalue weighted by atomic mass is 35.5. The van der Waals surface area contributed by atoms with Gasteiger partial charge in [0.15, 0.2) is 0 Å². The van der Waals surface area contributed by atoms with Crippen LogP contribution in [0.4, 0.5) is 10.2 Å². The minimum absolute atomic E-state index is 0.0549. The number of carbonyl (C=O) groups excluding carboxylic acids is 2. The van der Waals surface area contributed by atoms with E-state index in [0.717, 1.165) is 0 Å². The Kier molecular flexibility index (Phi) is 7.12. The lowest BCUT2D eigenvalue weighted by Crippen LogP contribution is -2.27. The SMILES string of the molecule is CC(=O)Nc1cc(C(=O)NC(C)c2ccc(OC[C@@H](C)F)cc2Cl)ccn1. The lowest BCUT2D eigenvalue weighted by Gasteiger charge is -2.17. The summed E-state index contributed by atoms with van der Waals surface area (Å²) in [5.41, 5.74) is 1.05. The zero-order chi connectivity index (χ0) is 20.0. The first-order valence-electron chi connectivity index (χ1n) is 8.37. The van der Waals surface area contributed by atoms with Gasteiger partial charge in [0.2, 0.25) is 5.91 Å². The van der Waals surface area contributed by atoms with Crippen LogP contribution in [0, 0.1) is 0 Å². The number of amides is 2. The minimum atomic E-state index is -1.08. The largest absolute Gasteiger partial charge is 0.491 e. The molecule has 2 amide bonds. The Morgan fingerprint density at radius 1 is 1.26 bits per heavy atom. The van der Waals surface area contributed by atoms with Crippen LogP contribution < -0.4 is 15.4 Å². The number of benzene rings is 1. The van der Waals surface area contributed by atoms with Crippen LogP contribution in [0.1, 0.15) is 42.7 Å². The van der Waals surface area contributed by atoms with Gasteiger partial charge in [0.1, 0.15) is 24.3 Å². The molecular weight excluding hydrogens is 373 g/mol. The molecule has 2 aromatic rings. The van der Waals surface area contributed by atoms with Crippen molar-refractivity contribution >= 4 is 29.2 Å². The molecule has 1 unspecified atom stereocenters. The van der Waals surface area contributed by atoms with Gasteiger partial charge in [-0.15, -0.1) is 0 Å². The van der Waals surface area contributed by atoms with E-state index < -0.39 is 6.17 Å². The summed E-state index contributed by atoms with van der Waals surface area (Å²) in [5.74, 6) is 0.147. The van der Waals surface area contributed by atoms with Crippen LogP contribution in [0.15, 0.2) is 36.5 Å². The number of rotatable bonds is 7. The summed E-state index contributed by atoms with van der Waals surface area (Å²) >= 11 is 6.27. The van der Waals surface area contributed by atoms with Crippen LogP contribution in [-0.4, -0.2) is 29.6 Å². The first kappa shape index (κ1) is 20.6. The zero-order valence-corrected chi connectivity index (χ0v) is 16.0. The van der Waals surface area contributed by atoms with Gasteiger partial charge >= 0.3 is 0 Å². The summed E-state index contributed by atoms with van der Waals surface area (Å²) in [5, 5.41) is 5.77. The normalized spacial score (nSPS) is 12.8. The van der Waals surface area contributed by atoms with Crippen LogP contribution in [0.3, 0.4) is 0 Å². The topological polar surface area (TPSA) is 80.3 Å². The van der Waals surface area contributed by atoms with Crippen LogP contribution in [-0.2, 0) is 4.79 Å². The second-order valence-electron chi connectivity index (χ2n) is 6.08. The average molecular weight is 394 g/mol. The van der Waals surface area contributed by atoms with Gasteiger partial charge < -0.3 is 15.4 Å². The molecule has 0 aliphatic carbocycles. The van der Waals surface area contributed by atoms with Crippen molar-refractivity contribution in [2.75, 3.05) is 11.9 Å². The number of nitrogens with zero attached hydrogens (tertiary/aromatic N) is 1. The monoisotopic (exact) mass is 393 g/mol. The number of carbonyl (C=O) groups is 2. The number of halogens is 2. The van der Waals surface area contributed by atoms with Gasteiger partial charge in [0, 0.05) is 23.7 Å². The summed E-state index contributed by atoms with van der Waals surface area (Å²) in [6.45, 7) is 4.50. The van der Waals surface area contributed by atoms with Gasteiger partial charge in [-0.3, -0.25) is 9.59 Å². The molecule has 27 heavy (non-hydrogen) atoms. The van der Waals surface area contributed by atoms with Crippen molar-refractivity contribution in [1.82, 2.24) is 10.3 Å². The summed E-state index contributed by atoms with van der Waals surface area (Å²) in [6.07, 6.45) is 0.361. The summed E-state index contributed by atoms with van der Waals surface area (Å²) in [4.78, 5) is 27.5. The van der Waals surface area contributed by atoms with E-state index in [1.165, 1.54) is 26.1 Å². The predicted molar refractivity (Wildman–Crippen MR) is 102 cm³/mol. The molecule has 0 aliphatic heterocycles. The smallest absolute Gasteiger partial charge is 0.251 e. The molecule has 0 spiro atoms. The first-order valence-corrected chi connectivity index (χ1v) is 8.75. The van der Waals surface area contributed by atoms with E-state index in [-0.39, 0.29) is 24.5 Å². The number of hydrogen-bond donors (Lipinski definition) is 2. The number of hydrogen-bond acceptors (Lipinski definition) is 4. The molecule has 0 fully saturated rings. The number of ether oxygens (including phenoxy) is 1. The van der Waals surface area contributed by atoms with Crippen molar-refractivity contribution in [1.29, 1.82) is 0 Å². The van der Waals surface area contributed by atoms with E-state index in [9.17, 15) is 14.0 Å². The molecule has 0 bridgehead atoms. The van der Waals surface area contributed by atoms with Crippen LogP contribution >= 0.6 is 11.6 Å². The molecule has 0 radical (unpaired) electrons. The Balaban J connectivity index is 2.07. The van der Waals surface area contributed by atoms with E-state index >= 15 is 0 Å². The van der Waals surface area contributed by atoms with E-state index in [1.54, 1.807) is 31.2 Å². The van der Waals surface area contributed by atoms with Crippen LogP contribution in [0.5, 0.6) is 5.75 Å². The van der Waals surface area contributed by atoms with Crippen LogP contribution in [0.25, 0.3) is 0 Å². The average Bonchev–Trinajstić information content (AvgIpc) is 2.59. The molecule has 2 N–H and O–H groups in total. The molecule has 1 heterocycles. The van der Waals surface area contributed by atoms with Gasteiger partial charge in [0.05, 0.1) is 6.04 Å². The van der Waals surface area contributed by atoms with Crippen molar-refractivity contribution in [3.63, 3.8) is 0 Å². The predicted octanol–water partition coefficient (Wildman–Crippen LogP) is 3.92. The summed E-state index contributed by atoms with van der Waals surface area (Å²) in [7, 11) is 0. The Morgan fingerprint density at radius 2 is 2.00 bits per heavy atom. The van der Waals surface area contributed by atoms with Gasteiger partial charge in [0.25, 0.3) is 5.91 Å². The Morgan fingerprint density at radius 3 is 2.63 bits per heavy atom. The molecule has 2 atom stereocenters. The molecule has 8 heteroatoms. The Labute approximate surface area is 162 Å². The third-order valence-electron chi connectivity index (χ3n) is 3.59. The van der Waals surface area contributed by atoms with Crippen molar-refractivity contribution in [3.8, 4) is 5.75 Å². The fourth-order valence-electron chi connectivity index (χ4n) is 2.34. The van der Waals surface area contributed by atoms with Crippen molar-refractivity contribution in [2.45, 2.75) is 33.0 Å². The Hall–Kier alpha value is -2.67. The van der Waals surface area contributed by atoms with E-state index in [1.807, 2.05) is 0 Å². The molecule has 6 nitrogen and oxygen atoms in total. The van der Waals surface area contributed by atoms with Gasteiger partial charge in [-0.1, -0.05) is 17.7 Å². The first-order chi connectivity index (χ1) is 12.8. The maximum atomic E-state index is 12.9. The summed E-state index contributed by atoms with van der Waals surface area (Å²) < 4.78 is 18.2. The number of aromatic nitrogens is 1. The molecule has 1 aromatic carbocycles. The summed E-state index contributed by atoms with van der Waals surface area (Å²) in [6, 6.07) is 7.64. The third-order valence-corrected chi connectivity index (χ3v) is 3.92. The molecule has 144 valence electrons. The molecular formula is C19H21ClFN3O3. The number of anilines is 1. The van der Waals surface area contributed by atoms with Crippen molar-refractivity contribution < 1.29 is 18.7 Å². The van der Waals surface area contributed by atoms with E-state index in [4.69, 9.17) is 16.3 Å². The molecule has 2 rings (SSSR count). The highest BCUT2D eigenvalue weighted by Crippen LogP contribution is 2.27. The standard InChI is InChI=1S/C19H21ClFN3O3/c1-11(21)10-27-15-4-5-16(17(20)9-15)12(2)23-19(26)14-6-7-22-18(8-14)24-13(3)25/h4-9,11-12H,10H2,1-3H3,(H,23,26)(H,22,24,25)/t11-,12?/m1/s1. The lowest BCUT2D eigenvalue weighted by atomic mass is 10.1. The third kappa shape index (κ3) is 6.21. The Bertz CT molecular complexity index is 830. The van der Waals surface area contributed by atoms with E-state index in [0.29, 0.717) is 27.7 Å². The highest BCUT2D eigenvalue weighted by molar-refractivity contribution is 6.31.